The van der Waals surface area contributed by atoms with E-state index in [4.69, 9.17) is 15.3 Å². The molecule has 2 rings (SSSR count). The summed E-state index contributed by atoms with van der Waals surface area (Å²) in [5.41, 5.74) is 1.22. The molecule has 0 saturated carbocycles. The average molecular weight is 343 g/mol. The van der Waals surface area contributed by atoms with Crippen molar-refractivity contribution >= 4 is 6.08 Å². The van der Waals surface area contributed by atoms with Gasteiger partial charge in [0.25, 0.3) is 0 Å². The maximum Gasteiger partial charge on any atom is 0.191 e. The van der Waals surface area contributed by atoms with Gasteiger partial charge in [0.2, 0.25) is 0 Å². The maximum atomic E-state index is 9.47. The average Bonchev–Trinajstić information content (AvgIpc) is 2.87. The Bertz CT molecular complexity index is 912. The first-order valence-corrected chi connectivity index (χ1v) is 8.06. The van der Waals surface area contributed by atoms with E-state index in [2.05, 4.69) is 6.07 Å². The van der Waals surface area contributed by atoms with Gasteiger partial charge in [-0.15, -0.1) is 0 Å². The molecule has 0 atom stereocenters. The molecule has 0 aromatic carbocycles. The Labute approximate surface area is 153 Å². The summed E-state index contributed by atoms with van der Waals surface area (Å²) >= 11 is 0. The van der Waals surface area contributed by atoms with E-state index in [1.165, 1.54) is 0 Å². The Morgan fingerprint density at radius 1 is 1.08 bits per heavy atom. The van der Waals surface area contributed by atoms with Crippen LogP contribution in [0.3, 0.4) is 0 Å². The number of aromatic nitrogens is 1. The number of pyridine rings is 1. The molecule has 0 fully saturated rings. The molecule has 0 saturated heterocycles. The van der Waals surface area contributed by atoms with E-state index >= 15 is 0 Å². The maximum absolute atomic E-state index is 9.47. The summed E-state index contributed by atoms with van der Waals surface area (Å²) in [6, 6.07) is 9.80. The number of aryl methyl sites for hydroxylation is 1. The summed E-state index contributed by atoms with van der Waals surface area (Å²) in [5.74, 6) is -0.951. The van der Waals surface area contributed by atoms with Crippen LogP contribution in [0.1, 0.15) is 19.4 Å². The fourth-order valence-electron chi connectivity index (χ4n) is 2.57. The minimum absolute atomic E-state index is 0.134. The van der Waals surface area contributed by atoms with Crippen LogP contribution in [0, 0.1) is 39.9 Å². The molecule has 5 nitrogen and oxygen atoms in total. The fourth-order valence-corrected chi connectivity index (χ4v) is 2.57. The van der Waals surface area contributed by atoms with Crippen molar-refractivity contribution in [3.05, 3.63) is 71.3 Å². The first-order chi connectivity index (χ1) is 12.4. The van der Waals surface area contributed by atoms with Gasteiger partial charge in [0.1, 0.15) is 24.5 Å². The van der Waals surface area contributed by atoms with Crippen LogP contribution in [0.5, 0.6) is 0 Å². The predicted molar refractivity (Wildman–Crippen MR) is 96.4 cm³/mol. The molecular formula is C21H19N4O+. The summed E-state index contributed by atoms with van der Waals surface area (Å²) in [5, 5.41) is 27.6. The number of ether oxygens (including phenoxy) is 1. The normalized spacial score (nSPS) is 17.5. The fraction of sp³-hybridized carbons (Fsp3) is 0.238. The summed E-state index contributed by atoms with van der Waals surface area (Å²) in [7, 11) is 1.96. The van der Waals surface area contributed by atoms with Gasteiger partial charge >= 0.3 is 0 Å². The van der Waals surface area contributed by atoms with E-state index in [0.717, 1.165) is 5.56 Å². The van der Waals surface area contributed by atoms with E-state index in [1.807, 2.05) is 86.4 Å². The highest BCUT2D eigenvalue weighted by atomic mass is 16.5. The third-order valence-electron chi connectivity index (χ3n) is 3.94. The van der Waals surface area contributed by atoms with Crippen molar-refractivity contribution in [1.29, 1.82) is 15.8 Å². The highest BCUT2D eigenvalue weighted by Gasteiger charge is 2.40. The van der Waals surface area contributed by atoms with Gasteiger partial charge in [-0.1, -0.05) is 30.4 Å². The van der Waals surface area contributed by atoms with Crippen LogP contribution in [-0.2, 0) is 11.8 Å². The van der Waals surface area contributed by atoms with Crippen molar-refractivity contribution in [2.24, 2.45) is 13.0 Å². The van der Waals surface area contributed by atoms with E-state index in [0.29, 0.717) is 5.57 Å². The molecule has 0 N–H and O–H groups in total. The van der Waals surface area contributed by atoms with Crippen molar-refractivity contribution < 1.29 is 9.30 Å². The largest absolute Gasteiger partial charge is 0.484 e. The zero-order valence-corrected chi connectivity index (χ0v) is 15.0. The third kappa shape index (κ3) is 4.07. The molecule has 1 aromatic heterocycles. The predicted octanol–water partition coefficient (Wildman–Crippen LogP) is 3.26. The van der Waals surface area contributed by atoms with Gasteiger partial charge in [-0.3, -0.25) is 0 Å². The lowest BCUT2D eigenvalue weighted by atomic mass is 9.92. The van der Waals surface area contributed by atoms with Gasteiger partial charge in [0, 0.05) is 17.7 Å². The lowest BCUT2D eigenvalue weighted by Crippen LogP contribution is -2.25. The number of nitrogens with zero attached hydrogens (tertiary/aromatic N) is 4. The van der Waals surface area contributed by atoms with Gasteiger partial charge in [-0.05, 0) is 19.4 Å². The Hall–Kier alpha value is -3.62. The summed E-state index contributed by atoms with van der Waals surface area (Å²) in [6.45, 7) is 3.62. The molecule has 0 radical (unpaired) electrons. The second-order valence-electron chi connectivity index (χ2n) is 6.28. The Morgan fingerprint density at radius 3 is 2.31 bits per heavy atom. The van der Waals surface area contributed by atoms with Gasteiger partial charge in [0.15, 0.2) is 18.3 Å². The summed E-state index contributed by atoms with van der Waals surface area (Å²) in [4.78, 5) is 0. The number of hydrogen-bond acceptors (Lipinski definition) is 4. The van der Waals surface area contributed by atoms with Crippen molar-refractivity contribution in [2.75, 3.05) is 0 Å². The molecule has 2 heterocycles. The van der Waals surface area contributed by atoms with Crippen molar-refractivity contribution in [1.82, 2.24) is 0 Å². The molecule has 5 heteroatoms. The molecule has 0 bridgehead atoms. The van der Waals surface area contributed by atoms with Crippen LogP contribution >= 0.6 is 0 Å². The van der Waals surface area contributed by atoms with Crippen LogP contribution in [0.15, 0.2) is 65.7 Å². The zero-order chi connectivity index (χ0) is 19.2. The number of allylic oxidation sites excluding steroid dienone is 5. The highest BCUT2D eigenvalue weighted by Crippen LogP contribution is 2.41. The minimum Gasteiger partial charge on any atom is -0.484 e. The molecule has 128 valence electrons. The smallest absolute Gasteiger partial charge is 0.191 e. The first kappa shape index (κ1) is 18.7. The van der Waals surface area contributed by atoms with Crippen LogP contribution in [0.2, 0.25) is 0 Å². The van der Waals surface area contributed by atoms with E-state index in [1.54, 1.807) is 6.08 Å². The standard InChI is InChI=1S/C21H19N4O/c1-21(2)19(18(15-24)20(26-21)17(13-22)14-23)8-6-4-5-7-16-9-11-25(3)12-10-16/h4-12,17H,1-3H3/q+1/b6-4+,7-5+,19-8-. The molecular weight excluding hydrogens is 324 g/mol. The number of nitriles is 3. The van der Waals surface area contributed by atoms with Gasteiger partial charge in [-0.25, -0.2) is 4.57 Å². The van der Waals surface area contributed by atoms with Crippen molar-refractivity contribution in [3.8, 4) is 18.2 Å². The van der Waals surface area contributed by atoms with Crippen molar-refractivity contribution in [2.45, 2.75) is 19.4 Å². The molecule has 1 aromatic rings. The second-order valence-corrected chi connectivity index (χ2v) is 6.28. The van der Waals surface area contributed by atoms with E-state index in [-0.39, 0.29) is 11.3 Å². The molecule has 0 amide bonds. The van der Waals surface area contributed by atoms with E-state index < -0.39 is 11.5 Å². The van der Waals surface area contributed by atoms with Gasteiger partial charge in [-0.2, -0.15) is 15.8 Å². The number of rotatable bonds is 4. The molecule has 0 aliphatic carbocycles. The topological polar surface area (TPSA) is 84.5 Å². The van der Waals surface area contributed by atoms with Crippen LogP contribution < -0.4 is 4.57 Å². The lowest BCUT2D eigenvalue weighted by molar-refractivity contribution is -0.671. The monoisotopic (exact) mass is 343 g/mol. The number of hydrogen-bond donors (Lipinski definition) is 0. The minimum atomic E-state index is -1.09. The molecule has 1 aliphatic heterocycles. The zero-order valence-electron chi connectivity index (χ0n) is 15.0. The van der Waals surface area contributed by atoms with Crippen LogP contribution in [-0.4, -0.2) is 5.60 Å². The highest BCUT2D eigenvalue weighted by molar-refractivity contribution is 5.56. The lowest BCUT2D eigenvalue weighted by Gasteiger charge is -2.21. The van der Waals surface area contributed by atoms with E-state index in [9.17, 15) is 5.26 Å². The van der Waals surface area contributed by atoms with Gasteiger partial charge < -0.3 is 4.74 Å². The SMILES string of the molecule is C[n+]1ccc(/C=C/C=C/C=C2/C(C#N)=C(C(C#N)C#N)OC2(C)C)cc1. The quantitative estimate of drug-likeness (QED) is 0.620. The van der Waals surface area contributed by atoms with Gasteiger partial charge in [0.05, 0.1) is 17.7 Å². The summed E-state index contributed by atoms with van der Waals surface area (Å²) in [6.07, 6.45) is 13.3. The second kappa shape index (κ2) is 7.97. The molecule has 1 aliphatic rings. The Morgan fingerprint density at radius 2 is 1.73 bits per heavy atom. The Kier molecular flexibility index (Phi) is 5.74. The molecule has 0 spiro atoms. The van der Waals surface area contributed by atoms with Crippen LogP contribution in [0.25, 0.3) is 6.08 Å². The third-order valence-corrected chi connectivity index (χ3v) is 3.94. The summed E-state index contributed by atoms with van der Waals surface area (Å²) < 4.78 is 7.70. The van der Waals surface area contributed by atoms with Crippen molar-refractivity contribution in [3.63, 3.8) is 0 Å². The van der Waals surface area contributed by atoms with Crippen LogP contribution in [0.4, 0.5) is 0 Å². The molecule has 26 heavy (non-hydrogen) atoms. The first-order valence-electron chi connectivity index (χ1n) is 8.06. The molecule has 0 unspecified atom stereocenters. The Balaban J connectivity index is 2.24.